The predicted octanol–water partition coefficient (Wildman–Crippen LogP) is 1.87. The minimum absolute atomic E-state index is 0.0568. The first-order chi connectivity index (χ1) is 9.31. The molecule has 1 aromatic heterocycles. The zero-order valence-corrected chi connectivity index (χ0v) is 9.98. The molecule has 2 rings (SSSR count). The summed E-state index contributed by atoms with van der Waals surface area (Å²) >= 11 is 0. The lowest BCUT2D eigenvalue weighted by Crippen LogP contribution is -2.17. The average molecular weight is 256 g/mol. The second kappa shape index (κ2) is 6.15. The van der Waals surface area contributed by atoms with Gasteiger partial charge in [-0.15, -0.1) is 0 Å². The van der Waals surface area contributed by atoms with Gasteiger partial charge in [-0.2, -0.15) is 10.2 Å². The largest absolute Gasteiger partial charge is 0.461 e. The molecule has 0 bridgehead atoms. The summed E-state index contributed by atoms with van der Waals surface area (Å²) in [6.45, 7) is 0. The number of nitrogens with one attached hydrogen (secondary N) is 1. The van der Waals surface area contributed by atoms with E-state index in [0.717, 1.165) is 5.69 Å². The van der Waals surface area contributed by atoms with Gasteiger partial charge in [0.2, 0.25) is 5.78 Å². The van der Waals surface area contributed by atoms with Crippen molar-refractivity contribution in [2.24, 2.45) is 16.0 Å². The molecule has 0 aliphatic heterocycles. The lowest BCUT2D eigenvalue weighted by atomic mass is 10.2. The number of ketones is 1. The van der Waals surface area contributed by atoms with Crippen LogP contribution in [0.4, 0.5) is 5.69 Å². The number of Topliss-reactive ketones (excluding diaryl/α,β-unsaturated/α-hetero) is 1. The van der Waals surface area contributed by atoms with Crippen molar-refractivity contribution in [3.05, 3.63) is 54.5 Å². The Bertz CT molecular complexity index is 588. The van der Waals surface area contributed by atoms with Crippen LogP contribution in [0.3, 0.4) is 0 Å². The highest BCUT2D eigenvalue weighted by atomic mass is 16.3. The summed E-state index contributed by atoms with van der Waals surface area (Å²) in [5.74, 6) is 4.84. The Balaban J connectivity index is 2.18. The van der Waals surface area contributed by atoms with Crippen molar-refractivity contribution in [1.82, 2.24) is 0 Å². The summed E-state index contributed by atoms with van der Waals surface area (Å²) in [6.07, 6.45) is 2.58. The Morgan fingerprint density at radius 1 is 1.21 bits per heavy atom. The van der Waals surface area contributed by atoms with Gasteiger partial charge in [0.15, 0.2) is 11.5 Å². The highest BCUT2D eigenvalue weighted by Crippen LogP contribution is 2.06. The number of hydrogen-bond donors (Lipinski definition) is 2. The summed E-state index contributed by atoms with van der Waals surface area (Å²) in [5, 5.41) is 7.29. The molecule has 6 nitrogen and oxygen atoms in total. The van der Waals surface area contributed by atoms with E-state index in [2.05, 4.69) is 15.6 Å². The molecule has 2 aromatic rings. The molecule has 0 saturated heterocycles. The van der Waals surface area contributed by atoms with E-state index in [9.17, 15) is 4.79 Å². The Morgan fingerprint density at radius 2 is 2.00 bits per heavy atom. The Kier molecular flexibility index (Phi) is 4.07. The molecule has 0 spiro atoms. The Hall–Kier alpha value is -2.89. The molecule has 0 radical (unpaired) electrons. The molecule has 0 aliphatic carbocycles. The van der Waals surface area contributed by atoms with Crippen LogP contribution >= 0.6 is 0 Å². The van der Waals surface area contributed by atoms with E-state index in [1.807, 2.05) is 30.3 Å². The summed E-state index contributed by atoms with van der Waals surface area (Å²) in [5.41, 5.74) is 3.56. The number of hydrogen-bond acceptors (Lipinski definition) is 6. The third-order valence-electron chi connectivity index (χ3n) is 2.25. The molecule has 0 amide bonds. The summed E-state index contributed by atoms with van der Waals surface area (Å²) in [6, 6.07) is 12.4. The fraction of sp³-hybridized carbons (Fsp3) is 0. The highest BCUT2D eigenvalue weighted by molar-refractivity contribution is 6.64. The average Bonchev–Trinajstić information content (AvgIpc) is 2.98. The van der Waals surface area contributed by atoms with Crippen LogP contribution in [0.15, 0.2) is 63.3 Å². The smallest absolute Gasteiger partial charge is 0.249 e. The molecule has 0 saturated carbocycles. The van der Waals surface area contributed by atoms with Gasteiger partial charge in [0.05, 0.1) is 18.2 Å². The maximum Gasteiger partial charge on any atom is 0.249 e. The third-order valence-corrected chi connectivity index (χ3v) is 2.25. The van der Waals surface area contributed by atoms with E-state index >= 15 is 0 Å². The SMILES string of the molecule is N/N=C/C(=N\Nc1ccccc1)C(=O)c1ccco1. The Labute approximate surface area is 109 Å². The van der Waals surface area contributed by atoms with Crippen molar-refractivity contribution in [1.29, 1.82) is 0 Å². The van der Waals surface area contributed by atoms with Crippen LogP contribution in [0.2, 0.25) is 0 Å². The van der Waals surface area contributed by atoms with Crippen molar-refractivity contribution >= 4 is 23.4 Å². The van der Waals surface area contributed by atoms with Gasteiger partial charge in [0, 0.05) is 0 Å². The molecule has 6 heteroatoms. The van der Waals surface area contributed by atoms with Gasteiger partial charge in [-0.3, -0.25) is 10.2 Å². The number of carbonyl (C=O) groups excluding carboxylic acids is 1. The standard InChI is InChI=1S/C13H12N4O2/c14-15-9-11(13(18)12-7-4-8-19-12)17-16-10-5-2-1-3-6-10/h1-9,16H,14H2/b15-9+,17-11+. The van der Waals surface area contributed by atoms with E-state index in [1.165, 1.54) is 12.5 Å². The van der Waals surface area contributed by atoms with Crippen LogP contribution in [0.5, 0.6) is 0 Å². The molecule has 0 aliphatic rings. The van der Waals surface area contributed by atoms with Crippen molar-refractivity contribution in [2.75, 3.05) is 5.43 Å². The molecule has 19 heavy (non-hydrogen) atoms. The van der Waals surface area contributed by atoms with Crippen LogP contribution in [-0.2, 0) is 0 Å². The number of nitrogens with two attached hydrogens (primary N) is 1. The number of rotatable bonds is 5. The predicted molar refractivity (Wildman–Crippen MR) is 73.2 cm³/mol. The monoisotopic (exact) mass is 256 g/mol. The lowest BCUT2D eigenvalue weighted by Gasteiger charge is -2.01. The van der Waals surface area contributed by atoms with Crippen molar-refractivity contribution in [2.45, 2.75) is 0 Å². The second-order valence-corrected chi connectivity index (χ2v) is 3.56. The minimum atomic E-state index is -0.400. The quantitative estimate of drug-likeness (QED) is 0.369. The number of para-hydroxylation sites is 1. The first-order valence-electron chi connectivity index (χ1n) is 5.51. The van der Waals surface area contributed by atoms with Crippen LogP contribution in [0.25, 0.3) is 0 Å². The molecule has 0 unspecified atom stereocenters. The van der Waals surface area contributed by atoms with E-state index in [-0.39, 0.29) is 11.5 Å². The topological polar surface area (TPSA) is 93.0 Å². The molecule has 1 aromatic carbocycles. The first kappa shape index (κ1) is 12.6. The zero-order valence-electron chi connectivity index (χ0n) is 9.98. The maximum absolute atomic E-state index is 12.0. The molecular formula is C13H12N4O2. The minimum Gasteiger partial charge on any atom is -0.461 e. The van der Waals surface area contributed by atoms with Gasteiger partial charge in [-0.25, -0.2) is 0 Å². The summed E-state index contributed by atoms with van der Waals surface area (Å²) in [7, 11) is 0. The van der Waals surface area contributed by atoms with Gasteiger partial charge < -0.3 is 10.3 Å². The van der Waals surface area contributed by atoms with Gasteiger partial charge in [0.1, 0.15) is 0 Å². The lowest BCUT2D eigenvalue weighted by molar-refractivity contribution is 0.104. The van der Waals surface area contributed by atoms with Crippen molar-refractivity contribution in [3.8, 4) is 0 Å². The molecule has 0 atom stereocenters. The maximum atomic E-state index is 12.0. The van der Waals surface area contributed by atoms with Gasteiger partial charge in [-0.1, -0.05) is 18.2 Å². The number of carbonyl (C=O) groups is 1. The van der Waals surface area contributed by atoms with Gasteiger partial charge in [-0.05, 0) is 24.3 Å². The number of nitrogens with zero attached hydrogens (tertiary/aromatic N) is 2. The fourth-order valence-corrected chi connectivity index (χ4v) is 1.38. The van der Waals surface area contributed by atoms with Crippen molar-refractivity contribution in [3.63, 3.8) is 0 Å². The number of anilines is 1. The van der Waals surface area contributed by atoms with Gasteiger partial charge >= 0.3 is 0 Å². The van der Waals surface area contributed by atoms with Gasteiger partial charge in [0.25, 0.3) is 0 Å². The number of furan rings is 1. The summed E-state index contributed by atoms with van der Waals surface area (Å²) in [4.78, 5) is 12.0. The zero-order chi connectivity index (χ0) is 13.5. The van der Waals surface area contributed by atoms with Crippen LogP contribution in [-0.4, -0.2) is 17.7 Å². The third kappa shape index (κ3) is 3.29. The summed E-state index contributed by atoms with van der Waals surface area (Å²) < 4.78 is 5.01. The molecule has 0 fully saturated rings. The van der Waals surface area contributed by atoms with Crippen molar-refractivity contribution < 1.29 is 9.21 Å². The first-order valence-corrected chi connectivity index (χ1v) is 5.51. The molecule has 96 valence electrons. The van der Waals surface area contributed by atoms with Crippen LogP contribution < -0.4 is 11.3 Å². The second-order valence-electron chi connectivity index (χ2n) is 3.56. The number of benzene rings is 1. The van der Waals surface area contributed by atoms with Crippen LogP contribution in [0, 0.1) is 0 Å². The number of hydrazone groups is 2. The molecule has 1 heterocycles. The highest BCUT2D eigenvalue weighted by Gasteiger charge is 2.15. The fourth-order valence-electron chi connectivity index (χ4n) is 1.38. The molecular weight excluding hydrogens is 244 g/mol. The van der Waals surface area contributed by atoms with E-state index < -0.39 is 5.78 Å². The van der Waals surface area contributed by atoms with Crippen LogP contribution in [0.1, 0.15) is 10.6 Å². The van der Waals surface area contributed by atoms with E-state index in [1.54, 1.807) is 12.1 Å². The van der Waals surface area contributed by atoms with E-state index in [4.69, 9.17) is 10.3 Å². The normalized spacial score (nSPS) is 11.7. The molecule has 3 N–H and O–H groups in total. The van der Waals surface area contributed by atoms with E-state index in [0.29, 0.717) is 0 Å². The Morgan fingerprint density at radius 3 is 2.63 bits per heavy atom.